The molecule has 0 spiro atoms. The summed E-state index contributed by atoms with van der Waals surface area (Å²) < 4.78 is 69.0. The molecule has 1 atom stereocenters. The van der Waals surface area contributed by atoms with Crippen LogP contribution in [0.15, 0.2) is 23.1 Å². The van der Waals surface area contributed by atoms with Crippen LogP contribution in [0.1, 0.15) is 26.7 Å². The fourth-order valence-electron chi connectivity index (χ4n) is 2.05. The van der Waals surface area contributed by atoms with E-state index >= 15 is 0 Å². The zero-order valence-corrected chi connectivity index (χ0v) is 14.5. The normalized spacial score (nSPS) is 13.3. The minimum absolute atomic E-state index is 0.0295. The summed E-state index contributed by atoms with van der Waals surface area (Å²) in [5.41, 5.74) is -1.74. The van der Waals surface area contributed by atoms with E-state index in [1.54, 1.807) is 6.92 Å². The van der Waals surface area contributed by atoms with Crippen molar-refractivity contribution in [3.8, 4) is 0 Å². The number of carbonyl (C=O) groups excluding carboxylic acids is 1. The predicted octanol–water partition coefficient (Wildman–Crippen LogP) is 1.88. The number of ether oxygens (including phenoxy) is 1. The van der Waals surface area contributed by atoms with Gasteiger partial charge in [-0.05, 0) is 25.5 Å². The molecule has 0 radical (unpaired) electrons. The van der Waals surface area contributed by atoms with Crippen LogP contribution in [0.4, 0.5) is 18.9 Å². The van der Waals surface area contributed by atoms with Crippen molar-refractivity contribution in [1.82, 2.24) is 4.57 Å². The van der Waals surface area contributed by atoms with Crippen molar-refractivity contribution in [2.75, 3.05) is 11.3 Å². The van der Waals surface area contributed by atoms with Gasteiger partial charge in [0.15, 0.2) is 5.25 Å². The first-order valence-corrected chi connectivity index (χ1v) is 9.01. The summed E-state index contributed by atoms with van der Waals surface area (Å²) in [6, 6.07) is 2.13. The monoisotopic (exact) mass is 384 g/mol. The van der Waals surface area contributed by atoms with E-state index in [0.29, 0.717) is 11.0 Å². The number of hydrogen-bond donors (Lipinski definition) is 1. The third-order valence-electron chi connectivity index (χ3n) is 3.10. The Hall–Kier alpha value is -2.04. The van der Waals surface area contributed by atoms with Gasteiger partial charge in [0.1, 0.15) is 12.2 Å². The number of esters is 1. The van der Waals surface area contributed by atoms with Gasteiger partial charge in [-0.2, -0.15) is 13.2 Å². The van der Waals surface area contributed by atoms with Crippen LogP contribution < -0.4 is 10.3 Å². The average molecular weight is 384 g/mol. The summed E-state index contributed by atoms with van der Waals surface area (Å²) in [6.45, 7) is 1.57. The molecule has 0 unspecified atom stereocenters. The van der Waals surface area contributed by atoms with Gasteiger partial charge in [0.25, 0.3) is 5.56 Å². The van der Waals surface area contributed by atoms with Crippen molar-refractivity contribution in [3.05, 3.63) is 28.7 Å². The Morgan fingerprint density at radius 1 is 1.36 bits per heavy atom. The number of halogens is 3. The SMILES string of the molecule is CCC[C@H](C(=O)OCC)S(=O)(=O)Nc1cccn(CC(F)(F)F)c1=O. The summed E-state index contributed by atoms with van der Waals surface area (Å²) in [5.74, 6) is -0.983. The van der Waals surface area contributed by atoms with Gasteiger partial charge in [-0.25, -0.2) is 8.42 Å². The molecule has 0 bridgehead atoms. The van der Waals surface area contributed by atoms with Crippen molar-refractivity contribution in [2.24, 2.45) is 0 Å². The molecule has 11 heteroatoms. The van der Waals surface area contributed by atoms with Crippen molar-refractivity contribution < 1.29 is 31.1 Å². The number of aromatic nitrogens is 1. The molecule has 1 aromatic rings. The number of sulfonamides is 1. The van der Waals surface area contributed by atoms with Gasteiger partial charge >= 0.3 is 12.1 Å². The zero-order chi connectivity index (χ0) is 19.3. The molecule has 0 aliphatic carbocycles. The largest absolute Gasteiger partial charge is 0.465 e. The number of alkyl halides is 3. The van der Waals surface area contributed by atoms with Crippen LogP contribution in [-0.2, 0) is 26.1 Å². The highest BCUT2D eigenvalue weighted by molar-refractivity contribution is 7.94. The summed E-state index contributed by atoms with van der Waals surface area (Å²) in [5, 5.41) is -1.56. The number of hydrogen-bond acceptors (Lipinski definition) is 5. The molecule has 0 amide bonds. The number of pyridine rings is 1. The molecule has 0 aromatic carbocycles. The van der Waals surface area contributed by atoms with E-state index in [9.17, 15) is 31.2 Å². The summed E-state index contributed by atoms with van der Waals surface area (Å²) >= 11 is 0. The molecule has 0 saturated heterocycles. The van der Waals surface area contributed by atoms with Crippen LogP contribution in [0, 0.1) is 0 Å². The second kappa shape index (κ2) is 8.37. The van der Waals surface area contributed by atoms with E-state index in [0.717, 1.165) is 18.3 Å². The second-order valence-corrected chi connectivity index (χ2v) is 7.01. The number of nitrogens with one attached hydrogen (secondary N) is 1. The molecule has 25 heavy (non-hydrogen) atoms. The Labute approximate surface area is 142 Å². The zero-order valence-electron chi connectivity index (χ0n) is 13.7. The van der Waals surface area contributed by atoms with E-state index in [1.165, 1.54) is 6.92 Å². The molecule has 1 N–H and O–H groups in total. The molecule has 142 valence electrons. The Kier molecular flexibility index (Phi) is 7.03. The molecule has 1 rings (SSSR count). The van der Waals surface area contributed by atoms with E-state index in [4.69, 9.17) is 4.74 Å². The maximum absolute atomic E-state index is 12.5. The summed E-state index contributed by atoms with van der Waals surface area (Å²) in [7, 11) is -4.36. The van der Waals surface area contributed by atoms with Gasteiger partial charge in [-0.15, -0.1) is 0 Å². The lowest BCUT2D eigenvalue weighted by molar-refractivity contribution is -0.143. The van der Waals surface area contributed by atoms with Gasteiger partial charge in [0.05, 0.1) is 6.61 Å². The van der Waals surface area contributed by atoms with Crippen LogP contribution >= 0.6 is 0 Å². The summed E-state index contributed by atoms with van der Waals surface area (Å²) in [4.78, 5) is 23.9. The van der Waals surface area contributed by atoms with Crippen molar-refractivity contribution in [1.29, 1.82) is 0 Å². The molecular formula is C14H19F3N2O5S. The molecular weight excluding hydrogens is 365 g/mol. The molecule has 0 aliphatic heterocycles. The Morgan fingerprint density at radius 2 is 2.00 bits per heavy atom. The Balaban J connectivity index is 3.16. The standard InChI is InChI=1S/C14H19F3N2O5S/c1-3-6-11(13(21)24-4-2)25(22,23)18-10-7-5-8-19(12(10)20)9-14(15,16)17/h5,7-8,11,18H,3-4,6,9H2,1-2H3/t11-/m1/s1. The highest BCUT2D eigenvalue weighted by atomic mass is 32.2. The minimum atomic E-state index is -4.64. The first kappa shape index (κ1) is 21.0. The molecule has 7 nitrogen and oxygen atoms in total. The fraction of sp³-hybridized carbons (Fsp3) is 0.571. The van der Waals surface area contributed by atoms with Gasteiger partial charge in [-0.1, -0.05) is 13.3 Å². The van der Waals surface area contributed by atoms with Gasteiger partial charge in [0, 0.05) is 6.20 Å². The Bertz CT molecular complexity index is 758. The smallest absolute Gasteiger partial charge is 0.406 e. The second-order valence-electron chi connectivity index (χ2n) is 5.15. The van der Waals surface area contributed by atoms with E-state index < -0.39 is 45.2 Å². The van der Waals surface area contributed by atoms with E-state index in [1.807, 2.05) is 4.72 Å². The molecule has 1 heterocycles. The van der Waals surface area contributed by atoms with E-state index in [-0.39, 0.29) is 13.0 Å². The first-order chi connectivity index (χ1) is 11.5. The highest BCUT2D eigenvalue weighted by Gasteiger charge is 2.34. The minimum Gasteiger partial charge on any atom is -0.465 e. The number of rotatable bonds is 8. The predicted molar refractivity (Wildman–Crippen MR) is 84.6 cm³/mol. The maximum Gasteiger partial charge on any atom is 0.406 e. The van der Waals surface area contributed by atoms with Crippen LogP contribution in [0.3, 0.4) is 0 Å². The lowest BCUT2D eigenvalue weighted by atomic mass is 10.2. The number of carbonyl (C=O) groups is 1. The van der Waals surface area contributed by atoms with Crippen LogP contribution in [0.25, 0.3) is 0 Å². The van der Waals surface area contributed by atoms with E-state index in [2.05, 4.69) is 0 Å². The molecule has 0 saturated carbocycles. The highest BCUT2D eigenvalue weighted by Crippen LogP contribution is 2.18. The lowest BCUT2D eigenvalue weighted by Crippen LogP contribution is -2.38. The molecule has 1 aromatic heterocycles. The Morgan fingerprint density at radius 3 is 2.52 bits per heavy atom. The third-order valence-corrected chi connectivity index (χ3v) is 4.78. The van der Waals surface area contributed by atoms with Crippen molar-refractivity contribution in [2.45, 2.75) is 44.7 Å². The van der Waals surface area contributed by atoms with Gasteiger partial charge in [-0.3, -0.25) is 14.3 Å². The van der Waals surface area contributed by atoms with Crippen LogP contribution in [-0.4, -0.2) is 37.0 Å². The quantitative estimate of drug-likeness (QED) is 0.691. The molecule has 0 fully saturated rings. The fourth-order valence-corrected chi connectivity index (χ4v) is 3.53. The third kappa shape index (κ3) is 6.07. The lowest BCUT2D eigenvalue weighted by Gasteiger charge is -2.17. The van der Waals surface area contributed by atoms with Crippen LogP contribution in [0.5, 0.6) is 0 Å². The van der Waals surface area contributed by atoms with Gasteiger partial charge < -0.3 is 9.30 Å². The average Bonchev–Trinajstić information content (AvgIpc) is 2.47. The number of anilines is 1. The van der Waals surface area contributed by atoms with Crippen molar-refractivity contribution in [3.63, 3.8) is 0 Å². The van der Waals surface area contributed by atoms with Gasteiger partial charge in [0.2, 0.25) is 10.0 Å². The number of nitrogens with zero attached hydrogens (tertiary/aromatic N) is 1. The molecule has 0 aliphatic rings. The van der Waals surface area contributed by atoms with Crippen molar-refractivity contribution >= 4 is 21.7 Å². The first-order valence-electron chi connectivity index (χ1n) is 7.46. The van der Waals surface area contributed by atoms with Crippen LogP contribution in [0.2, 0.25) is 0 Å². The topological polar surface area (TPSA) is 94.5 Å². The maximum atomic E-state index is 12.5. The summed E-state index contributed by atoms with van der Waals surface area (Å²) in [6.07, 6.45) is -3.46.